The highest BCUT2D eigenvalue weighted by Crippen LogP contribution is 2.37. The summed E-state index contributed by atoms with van der Waals surface area (Å²) in [6, 6.07) is 17.1. The minimum Gasteiger partial charge on any atom is -0.508 e. The normalized spacial score (nSPS) is 18.8. The number of piperazine rings is 1. The molecule has 5 heterocycles. The lowest BCUT2D eigenvalue weighted by Crippen LogP contribution is -2.51. The number of benzene rings is 2. The van der Waals surface area contributed by atoms with Gasteiger partial charge in [0.25, 0.3) is 0 Å². The summed E-state index contributed by atoms with van der Waals surface area (Å²) in [5.41, 5.74) is 1.47. The van der Waals surface area contributed by atoms with Crippen molar-refractivity contribution >= 4 is 27.5 Å². The zero-order valence-corrected chi connectivity index (χ0v) is 20.5. The van der Waals surface area contributed by atoms with Crippen molar-refractivity contribution < 1.29 is 14.2 Å². The molecule has 2 atom stereocenters. The predicted molar refractivity (Wildman–Crippen MR) is 143 cm³/mol. The number of fused-ring (bicyclic) bond motifs is 4. The Hall–Kier alpha value is -4.37. The van der Waals surface area contributed by atoms with E-state index < -0.39 is 5.82 Å². The van der Waals surface area contributed by atoms with Crippen LogP contribution in [0.15, 0.2) is 67.0 Å². The van der Waals surface area contributed by atoms with Crippen LogP contribution in [0.25, 0.3) is 32.9 Å². The van der Waals surface area contributed by atoms with E-state index in [1.165, 1.54) is 6.07 Å². The molecule has 2 aromatic carbocycles. The Morgan fingerprint density at radius 2 is 1.79 bits per heavy atom. The third-order valence-corrected chi connectivity index (χ3v) is 7.34. The van der Waals surface area contributed by atoms with E-state index >= 15 is 4.39 Å². The molecule has 9 heteroatoms. The van der Waals surface area contributed by atoms with Gasteiger partial charge in [0.1, 0.15) is 29.4 Å². The van der Waals surface area contributed by atoms with Gasteiger partial charge in [-0.1, -0.05) is 30.3 Å². The van der Waals surface area contributed by atoms with Crippen LogP contribution in [0.5, 0.6) is 11.8 Å². The fourth-order valence-electron chi connectivity index (χ4n) is 5.60. The first kappa shape index (κ1) is 22.8. The van der Waals surface area contributed by atoms with Crippen molar-refractivity contribution in [3.8, 4) is 23.0 Å². The van der Waals surface area contributed by atoms with Gasteiger partial charge >= 0.3 is 6.01 Å². The topological polar surface area (TPSA) is 96.3 Å². The summed E-state index contributed by atoms with van der Waals surface area (Å²) in [6.45, 7) is 1.70. The molecule has 0 unspecified atom stereocenters. The fraction of sp³-hybridized carbons (Fsp3) is 0.241. The van der Waals surface area contributed by atoms with E-state index in [1.807, 2.05) is 42.5 Å². The molecule has 3 aromatic heterocycles. The Morgan fingerprint density at radius 3 is 2.61 bits per heavy atom. The van der Waals surface area contributed by atoms with Crippen LogP contribution in [0.1, 0.15) is 18.5 Å². The molecule has 2 saturated heterocycles. The SMILES string of the molecule is Oc1cc(-c2ncc3c(N4C[C@H]5CC[C@@H](C4)N5)nc(OCc4ccccn4)nc3c2F)c2ccccc2c1. The van der Waals surface area contributed by atoms with E-state index in [2.05, 4.69) is 25.2 Å². The molecule has 2 bridgehead atoms. The van der Waals surface area contributed by atoms with Gasteiger partial charge in [0.05, 0.1) is 11.1 Å². The standard InChI is InChI=1S/C29H25FN6O2/c30-25-26(23-12-21(37)11-17-5-1-2-7-22(17)23)32-13-24-27(25)34-29(38-16-20-6-3-4-10-31-20)35-28(24)36-14-18-8-9-19(15-36)33-18/h1-7,10-13,18-19,33,37H,8-9,14-16H2/t18-,19+. The van der Waals surface area contributed by atoms with Gasteiger partial charge in [-0.15, -0.1) is 0 Å². The van der Waals surface area contributed by atoms with E-state index in [4.69, 9.17) is 9.72 Å². The van der Waals surface area contributed by atoms with E-state index in [9.17, 15) is 5.11 Å². The minimum atomic E-state index is -0.581. The van der Waals surface area contributed by atoms with Gasteiger partial charge in [0.15, 0.2) is 5.82 Å². The van der Waals surface area contributed by atoms with Crippen molar-refractivity contribution in [3.05, 3.63) is 78.5 Å². The third-order valence-electron chi connectivity index (χ3n) is 7.34. The summed E-state index contributed by atoms with van der Waals surface area (Å²) in [6.07, 6.45) is 5.54. The highest BCUT2D eigenvalue weighted by atomic mass is 19.1. The summed E-state index contributed by atoms with van der Waals surface area (Å²) in [4.78, 5) is 20.3. The number of pyridine rings is 2. The lowest BCUT2D eigenvalue weighted by atomic mass is 10.0. The Kier molecular flexibility index (Phi) is 5.51. The molecule has 0 spiro atoms. The van der Waals surface area contributed by atoms with Crippen molar-refractivity contribution in [2.45, 2.75) is 31.5 Å². The maximum Gasteiger partial charge on any atom is 0.319 e. The number of phenolic OH excluding ortho intramolecular Hbond substituents is 1. The van der Waals surface area contributed by atoms with Gasteiger partial charge in [-0.05, 0) is 47.9 Å². The molecule has 2 N–H and O–H groups in total. The largest absolute Gasteiger partial charge is 0.508 e. The van der Waals surface area contributed by atoms with Crippen LogP contribution in [0, 0.1) is 5.82 Å². The summed E-state index contributed by atoms with van der Waals surface area (Å²) < 4.78 is 22.3. The summed E-state index contributed by atoms with van der Waals surface area (Å²) >= 11 is 0. The third kappa shape index (κ3) is 4.05. The number of anilines is 1. The first-order chi connectivity index (χ1) is 18.6. The zero-order chi connectivity index (χ0) is 25.6. The summed E-state index contributed by atoms with van der Waals surface area (Å²) in [5.74, 6) is 0.0740. The van der Waals surface area contributed by atoms with E-state index in [-0.39, 0.29) is 29.6 Å². The maximum atomic E-state index is 16.3. The van der Waals surface area contributed by atoms with Crippen LogP contribution in [0.2, 0.25) is 0 Å². The van der Waals surface area contributed by atoms with Crippen molar-refractivity contribution in [2.24, 2.45) is 0 Å². The van der Waals surface area contributed by atoms with E-state index in [0.717, 1.165) is 42.4 Å². The molecule has 0 radical (unpaired) electrons. The van der Waals surface area contributed by atoms with Gasteiger partial charge in [-0.2, -0.15) is 9.97 Å². The van der Waals surface area contributed by atoms with Crippen molar-refractivity contribution in [3.63, 3.8) is 0 Å². The van der Waals surface area contributed by atoms with Crippen LogP contribution in [-0.4, -0.2) is 50.2 Å². The molecule has 7 rings (SSSR count). The number of rotatable bonds is 5. The molecule has 0 amide bonds. The molecule has 0 aliphatic carbocycles. The number of ether oxygens (including phenoxy) is 1. The average molecular weight is 509 g/mol. The highest BCUT2D eigenvalue weighted by molar-refractivity contribution is 5.99. The molecule has 5 aromatic rings. The minimum absolute atomic E-state index is 0.0408. The zero-order valence-electron chi connectivity index (χ0n) is 20.5. The summed E-state index contributed by atoms with van der Waals surface area (Å²) in [5, 5.41) is 16.1. The number of halogens is 1. The van der Waals surface area contributed by atoms with Gasteiger partial charge < -0.3 is 20.1 Å². The molecule has 8 nitrogen and oxygen atoms in total. The molecule has 2 fully saturated rings. The monoisotopic (exact) mass is 508 g/mol. The summed E-state index contributed by atoms with van der Waals surface area (Å²) in [7, 11) is 0. The molecular weight excluding hydrogens is 483 g/mol. The maximum absolute atomic E-state index is 16.3. The second kappa shape index (κ2) is 9.18. The second-order valence-corrected chi connectivity index (χ2v) is 9.88. The van der Waals surface area contributed by atoms with E-state index in [0.29, 0.717) is 28.9 Å². The van der Waals surface area contributed by atoms with Crippen LogP contribution in [-0.2, 0) is 6.61 Å². The number of aromatic nitrogens is 4. The van der Waals surface area contributed by atoms with Crippen molar-refractivity contribution in [1.82, 2.24) is 25.3 Å². The second-order valence-electron chi connectivity index (χ2n) is 9.88. The van der Waals surface area contributed by atoms with Crippen molar-refractivity contribution in [2.75, 3.05) is 18.0 Å². The molecule has 0 saturated carbocycles. The number of hydrogen-bond acceptors (Lipinski definition) is 8. The van der Waals surface area contributed by atoms with Crippen LogP contribution in [0.3, 0.4) is 0 Å². The molecule has 38 heavy (non-hydrogen) atoms. The number of phenols is 1. The molecule has 2 aliphatic heterocycles. The molecule has 2 aliphatic rings. The van der Waals surface area contributed by atoms with Crippen LogP contribution < -0.4 is 15.0 Å². The number of nitrogens with one attached hydrogen (secondary N) is 1. The highest BCUT2D eigenvalue weighted by Gasteiger charge is 2.34. The molecule has 190 valence electrons. The number of hydrogen-bond donors (Lipinski definition) is 2. The fourth-order valence-corrected chi connectivity index (χ4v) is 5.60. The Labute approximate surface area is 218 Å². The lowest BCUT2D eigenvalue weighted by molar-refractivity contribution is 0.277. The van der Waals surface area contributed by atoms with Gasteiger partial charge in [-0.25, -0.2) is 4.39 Å². The average Bonchev–Trinajstić information content (AvgIpc) is 3.29. The smallest absolute Gasteiger partial charge is 0.319 e. The quantitative estimate of drug-likeness (QED) is 0.356. The first-order valence-electron chi connectivity index (χ1n) is 12.7. The lowest BCUT2D eigenvalue weighted by Gasteiger charge is -2.34. The Bertz CT molecular complexity index is 1650. The van der Waals surface area contributed by atoms with Crippen molar-refractivity contribution in [1.29, 1.82) is 0 Å². The number of aromatic hydroxyl groups is 1. The Balaban J connectivity index is 1.38. The van der Waals surface area contributed by atoms with Gasteiger partial charge in [0, 0.05) is 43.1 Å². The number of nitrogens with zero attached hydrogens (tertiary/aromatic N) is 5. The van der Waals surface area contributed by atoms with Gasteiger partial charge in [-0.3, -0.25) is 9.97 Å². The van der Waals surface area contributed by atoms with Gasteiger partial charge in [0.2, 0.25) is 0 Å². The molecular formula is C29H25FN6O2. The van der Waals surface area contributed by atoms with E-state index in [1.54, 1.807) is 18.5 Å². The Morgan fingerprint density at radius 1 is 0.974 bits per heavy atom. The van der Waals surface area contributed by atoms with Crippen LogP contribution >= 0.6 is 0 Å². The predicted octanol–water partition coefficient (Wildman–Crippen LogP) is 4.60. The first-order valence-corrected chi connectivity index (χ1v) is 12.7. The van der Waals surface area contributed by atoms with Crippen LogP contribution in [0.4, 0.5) is 10.2 Å².